The maximum absolute atomic E-state index is 5.68. The normalized spacial score (nSPS) is 12.7. The highest BCUT2D eigenvalue weighted by atomic mass is 16.3. The Morgan fingerprint density at radius 3 is 2.53 bits per heavy atom. The van der Waals surface area contributed by atoms with E-state index in [1.54, 1.807) is 0 Å². The Bertz CT molecular complexity index is 450. The fourth-order valence-electron chi connectivity index (χ4n) is 1.42. The van der Waals surface area contributed by atoms with Gasteiger partial charge in [-0.25, -0.2) is 0 Å². The van der Waals surface area contributed by atoms with Crippen molar-refractivity contribution in [3.63, 3.8) is 0 Å². The highest BCUT2D eigenvalue weighted by molar-refractivity contribution is 5.79. The molecule has 0 N–H and O–H groups in total. The molecule has 78 valence electrons. The maximum atomic E-state index is 5.68. The van der Waals surface area contributed by atoms with Gasteiger partial charge in [-0.1, -0.05) is 45.0 Å². The molecule has 1 aromatic heterocycles. The zero-order chi connectivity index (χ0) is 10.9. The van der Waals surface area contributed by atoms with Crippen molar-refractivity contribution in [1.29, 1.82) is 0 Å². The first-order valence-electron chi connectivity index (χ1n) is 5.22. The standard InChI is InChI=1S/C14H16O/c1-14(2,3)9-8-12-10-11-6-4-5-7-13(11)15-12/h4-10H,1-3H3. The lowest BCUT2D eigenvalue weighted by Gasteiger charge is -2.10. The van der Waals surface area contributed by atoms with Gasteiger partial charge in [0.15, 0.2) is 0 Å². The number of fused-ring (bicyclic) bond motifs is 1. The van der Waals surface area contributed by atoms with Gasteiger partial charge >= 0.3 is 0 Å². The summed E-state index contributed by atoms with van der Waals surface area (Å²) in [5.74, 6) is 0.922. The third-order valence-electron chi connectivity index (χ3n) is 2.19. The van der Waals surface area contributed by atoms with Crippen LogP contribution in [0.5, 0.6) is 0 Å². The summed E-state index contributed by atoms with van der Waals surface area (Å²) >= 11 is 0. The van der Waals surface area contributed by atoms with Crippen LogP contribution in [0.15, 0.2) is 40.8 Å². The highest BCUT2D eigenvalue weighted by Crippen LogP contribution is 2.22. The smallest absolute Gasteiger partial charge is 0.134 e. The largest absolute Gasteiger partial charge is 0.457 e. The van der Waals surface area contributed by atoms with Crippen LogP contribution < -0.4 is 0 Å². The third-order valence-corrected chi connectivity index (χ3v) is 2.19. The number of rotatable bonds is 1. The third kappa shape index (κ3) is 2.50. The first-order chi connectivity index (χ1) is 7.04. The van der Waals surface area contributed by atoms with E-state index in [2.05, 4.69) is 39.0 Å². The molecule has 0 unspecified atom stereocenters. The molecule has 0 spiro atoms. The molecule has 2 rings (SSSR count). The molecular weight excluding hydrogens is 184 g/mol. The number of allylic oxidation sites excluding steroid dienone is 1. The van der Waals surface area contributed by atoms with E-state index >= 15 is 0 Å². The van der Waals surface area contributed by atoms with Gasteiger partial charge in [0.05, 0.1) is 0 Å². The van der Waals surface area contributed by atoms with Gasteiger partial charge in [-0.05, 0) is 23.6 Å². The minimum Gasteiger partial charge on any atom is -0.457 e. The second-order valence-electron chi connectivity index (χ2n) is 4.89. The predicted molar refractivity (Wildman–Crippen MR) is 64.7 cm³/mol. The summed E-state index contributed by atoms with van der Waals surface area (Å²) in [5.41, 5.74) is 1.14. The monoisotopic (exact) mass is 200 g/mol. The van der Waals surface area contributed by atoms with Crippen molar-refractivity contribution >= 4 is 17.0 Å². The van der Waals surface area contributed by atoms with Crippen LogP contribution in [0.1, 0.15) is 26.5 Å². The van der Waals surface area contributed by atoms with Crippen LogP contribution in [-0.2, 0) is 0 Å². The molecule has 15 heavy (non-hydrogen) atoms. The van der Waals surface area contributed by atoms with Crippen LogP contribution in [0.2, 0.25) is 0 Å². The Labute approximate surface area is 90.4 Å². The Kier molecular flexibility index (Phi) is 2.39. The molecule has 0 amide bonds. The predicted octanol–water partition coefficient (Wildman–Crippen LogP) is 4.49. The van der Waals surface area contributed by atoms with E-state index in [1.165, 1.54) is 0 Å². The quantitative estimate of drug-likeness (QED) is 0.661. The summed E-state index contributed by atoms with van der Waals surface area (Å²) in [7, 11) is 0. The molecule has 0 aliphatic carbocycles. The van der Waals surface area contributed by atoms with Crippen molar-refractivity contribution in [2.24, 2.45) is 5.41 Å². The summed E-state index contributed by atoms with van der Waals surface area (Å²) in [6.07, 6.45) is 4.20. The molecule has 0 aliphatic heterocycles. The van der Waals surface area contributed by atoms with E-state index in [0.717, 1.165) is 16.7 Å². The first kappa shape index (κ1) is 10.0. The van der Waals surface area contributed by atoms with Gasteiger partial charge in [0.1, 0.15) is 11.3 Å². The minimum absolute atomic E-state index is 0.193. The Balaban J connectivity index is 2.34. The van der Waals surface area contributed by atoms with Crippen molar-refractivity contribution in [2.45, 2.75) is 20.8 Å². The van der Waals surface area contributed by atoms with E-state index < -0.39 is 0 Å². The van der Waals surface area contributed by atoms with Gasteiger partial charge in [0, 0.05) is 5.39 Å². The lowest BCUT2D eigenvalue weighted by atomic mass is 9.96. The van der Waals surface area contributed by atoms with E-state index in [4.69, 9.17) is 4.42 Å². The zero-order valence-electron chi connectivity index (χ0n) is 9.45. The maximum Gasteiger partial charge on any atom is 0.134 e. The van der Waals surface area contributed by atoms with Crippen LogP contribution in [0.3, 0.4) is 0 Å². The Morgan fingerprint density at radius 2 is 1.87 bits per heavy atom. The molecule has 2 aromatic rings. The molecule has 0 radical (unpaired) electrons. The topological polar surface area (TPSA) is 13.1 Å². The highest BCUT2D eigenvalue weighted by Gasteiger charge is 2.05. The molecule has 0 atom stereocenters. The molecule has 0 bridgehead atoms. The molecule has 0 aliphatic rings. The van der Waals surface area contributed by atoms with E-state index in [0.29, 0.717) is 0 Å². The fourth-order valence-corrected chi connectivity index (χ4v) is 1.42. The van der Waals surface area contributed by atoms with Gasteiger partial charge in [0.2, 0.25) is 0 Å². The average molecular weight is 200 g/mol. The van der Waals surface area contributed by atoms with Crippen molar-refractivity contribution in [2.75, 3.05) is 0 Å². The Morgan fingerprint density at radius 1 is 1.13 bits per heavy atom. The molecule has 1 heteroatoms. The second-order valence-corrected chi connectivity index (χ2v) is 4.89. The van der Waals surface area contributed by atoms with E-state index in [-0.39, 0.29) is 5.41 Å². The van der Waals surface area contributed by atoms with Crippen molar-refractivity contribution in [3.05, 3.63) is 42.2 Å². The van der Waals surface area contributed by atoms with Gasteiger partial charge in [-0.15, -0.1) is 0 Å². The Hall–Kier alpha value is -1.50. The number of hydrogen-bond acceptors (Lipinski definition) is 1. The molecule has 1 heterocycles. The summed E-state index contributed by atoms with van der Waals surface area (Å²) in [5, 5.41) is 1.16. The lowest BCUT2D eigenvalue weighted by molar-refractivity contribution is 0.543. The van der Waals surface area contributed by atoms with Crippen LogP contribution in [0.25, 0.3) is 17.0 Å². The summed E-state index contributed by atoms with van der Waals surface area (Å²) in [6.45, 7) is 6.52. The van der Waals surface area contributed by atoms with Gasteiger partial charge in [-0.3, -0.25) is 0 Å². The number of hydrogen-bond donors (Lipinski definition) is 0. The molecule has 1 nitrogen and oxygen atoms in total. The summed E-state index contributed by atoms with van der Waals surface area (Å²) in [4.78, 5) is 0. The van der Waals surface area contributed by atoms with Crippen LogP contribution in [-0.4, -0.2) is 0 Å². The average Bonchev–Trinajstić information content (AvgIpc) is 2.56. The lowest BCUT2D eigenvalue weighted by Crippen LogP contribution is -1.97. The van der Waals surface area contributed by atoms with E-state index in [9.17, 15) is 0 Å². The van der Waals surface area contributed by atoms with E-state index in [1.807, 2.05) is 24.3 Å². The zero-order valence-corrected chi connectivity index (χ0v) is 9.45. The molecule has 0 saturated carbocycles. The van der Waals surface area contributed by atoms with Crippen LogP contribution in [0, 0.1) is 5.41 Å². The van der Waals surface area contributed by atoms with Crippen molar-refractivity contribution < 1.29 is 4.42 Å². The molecule has 0 fully saturated rings. The van der Waals surface area contributed by atoms with Crippen LogP contribution in [0.4, 0.5) is 0 Å². The van der Waals surface area contributed by atoms with Crippen molar-refractivity contribution in [3.8, 4) is 0 Å². The molecule has 0 saturated heterocycles. The fraction of sp³-hybridized carbons (Fsp3) is 0.286. The molecule has 1 aromatic carbocycles. The first-order valence-corrected chi connectivity index (χ1v) is 5.22. The SMILES string of the molecule is CC(C)(C)C=Cc1cc2ccccc2o1. The van der Waals surface area contributed by atoms with Gasteiger partial charge < -0.3 is 4.42 Å². The van der Waals surface area contributed by atoms with Crippen molar-refractivity contribution in [1.82, 2.24) is 0 Å². The second kappa shape index (κ2) is 3.58. The summed E-state index contributed by atoms with van der Waals surface area (Å²) in [6, 6.07) is 10.1. The number of furan rings is 1. The number of benzene rings is 1. The summed E-state index contributed by atoms with van der Waals surface area (Å²) < 4.78 is 5.68. The van der Waals surface area contributed by atoms with Crippen LogP contribution >= 0.6 is 0 Å². The molecular formula is C14H16O. The minimum atomic E-state index is 0.193. The van der Waals surface area contributed by atoms with Gasteiger partial charge in [-0.2, -0.15) is 0 Å². The van der Waals surface area contributed by atoms with Gasteiger partial charge in [0.25, 0.3) is 0 Å². The number of para-hydroxylation sites is 1.